The highest BCUT2D eigenvalue weighted by Gasteiger charge is 2.47. The molecule has 0 spiro atoms. The molecule has 8 heteroatoms. The van der Waals surface area contributed by atoms with Gasteiger partial charge in [-0.25, -0.2) is 8.42 Å². The lowest BCUT2D eigenvalue weighted by atomic mass is 9.71. The molecule has 5 rings (SSSR count). The van der Waals surface area contributed by atoms with Crippen molar-refractivity contribution < 1.29 is 23.1 Å². The molecule has 3 aromatic rings. The van der Waals surface area contributed by atoms with Crippen molar-refractivity contribution in [3.8, 4) is 11.5 Å². The van der Waals surface area contributed by atoms with Crippen LogP contribution in [0.5, 0.6) is 11.5 Å². The molecule has 0 amide bonds. The summed E-state index contributed by atoms with van der Waals surface area (Å²) < 4.78 is 32.8. The van der Waals surface area contributed by atoms with Crippen molar-refractivity contribution in [2.24, 2.45) is 5.41 Å². The summed E-state index contributed by atoms with van der Waals surface area (Å²) in [6.07, 6.45) is 1.95. The standard InChI is InChI=1S/C30H30ClNO5S/c1-30(2)15-23-27(25(34)16-30)26(29(38(3,35)36)21-10-7-11-24(33)28(21)32-23)20-13-12-19(14-22(20)31)37-17-18-8-5-4-6-9-18/h4-14,26,29,32-33H,15-17H2,1-3H3. The number of ketones is 1. The van der Waals surface area contributed by atoms with Crippen molar-refractivity contribution >= 4 is 32.9 Å². The summed E-state index contributed by atoms with van der Waals surface area (Å²) in [5.74, 6) is -0.533. The fourth-order valence-electron chi connectivity index (χ4n) is 5.61. The van der Waals surface area contributed by atoms with Gasteiger partial charge < -0.3 is 15.2 Å². The normalized spacial score (nSPS) is 20.7. The Morgan fingerprint density at radius 2 is 1.76 bits per heavy atom. The van der Waals surface area contributed by atoms with Gasteiger partial charge in [-0.3, -0.25) is 4.79 Å². The summed E-state index contributed by atoms with van der Waals surface area (Å²) in [5.41, 5.74) is 2.91. The van der Waals surface area contributed by atoms with Gasteiger partial charge in [0.05, 0.1) is 10.9 Å². The van der Waals surface area contributed by atoms with E-state index >= 15 is 0 Å². The number of Topliss-reactive ketones (excluding diaryl/α,β-unsaturated/α-hetero) is 1. The first-order chi connectivity index (χ1) is 17.9. The van der Waals surface area contributed by atoms with Crippen molar-refractivity contribution in [2.45, 2.75) is 44.5 Å². The van der Waals surface area contributed by atoms with Gasteiger partial charge >= 0.3 is 0 Å². The molecule has 2 atom stereocenters. The maximum Gasteiger partial charge on any atom is 0.161 e. The van der Waals surface area contributed by atoms with Gasteiger partial charge in [-0.05, 0) is 46.7 Å². The second-order valence-electron chi connectivity index (χ2n) is 10.9. The van der Waals surface area contributed by atoms with Crippen LogP contribution in [-0.4, -0.2) is 25.6 Å². The quantitative estimate of drug-likeness (QED) is 0.349. The summed E-state index contributed by atoms with van der Waals surface area (Å²) in [7, 11) is -3.78. The molecule has 0 aromatic heterocycles. The summed E-state index contributed by atoms with van der Waals surface area (Å²) >= 11 is 6.83. The van der Waals surface area contributed by atoms with Crippen LogP contribution in [0.15, 0.2) is 78.0 Å². The zero-order valence-corrected chi connectivity index (χ0v) is 23.1. The topological polar surface area (TPSA) is 92.7 Å². The zero-order valence-electron chi connectivity index (χ0n) is 21.5. The Morgan fingerprint density at radius 1 is 1.03 bits per heavy atom. The number of carbonyl (C=O) groups excluding carboxylic acids is 1. The summed E-state index contributed by atoms with van der Waals surface area (Å²) in [5, 5.41) is 13.2. The lowest BCUT2D eigenvalue weighted by molar-refractivity contribution is -0.118. The molecule has 2 N–H and O–H groups in total. The third kappa shape index (κ3) is 5.05. The van der Waals surface area contributed by atoms with Gasteiger partial charge in [-0.15, -0.1) is 0 Å². The van der Waals surface area contributed by atoms with E-state index in [0.29, 0.717) is 51.9 Å². The van der Waals surface area contributed by atoms with Crippen molar-refractivity contribution in [3.05, 3.63) is 99.7 Å². The predicted molar refractivity (Wildman–Crippen MR) is 149 cm³/mol. The molecule has 0 radical (unpaired) electrons. The highest BCUT2D eigenvalue weighted by atomic mass is 35.5. The van der Waals surface area contributed by atoms with E-state index in [1.807, 2.05) is 44.2 Å². The predicted octanol–water partition coefficient (Wildman–Crippen LogP) is 6.56. The molecule has 2 aliphatic rings. The molecule has 6 nitrogen and oxygen atoms in total. The van der Waals surface area contributed by atoms with Gasteiger partial charge in [0.2, 0.25) is 0 Å². The first-order valence-corrected chi connectivity index (χ1v) is 14.8. The summed E-state index contributed by atoms with van der Waals surface area (Å²) in [6.45, 7) is 4.36. The molecule has 0 saturated carbocycles. The summed E-state index contributed by atoms with van der Waals surface area (Å²) in [4.78, 5) is 13.7. The number of benzene rings is 3. The van der Waals surface area contributed by atoms with E-state index in [4.69, 9.17) is 16.3 Å². The fourth-order valence-corrected chi connectivity index (χ4v) is 7.33. The molecule has 1 heterocycles. The van der Waals surface area contributed by atoms with E-state index < -0.39 is 21.0 Å². The number of anilines is 1. The SMILES string of the molecule is CC1(C)CC(=O)C2=C(C1)Nc1c(O)cccc1C(S(C)(=O)=O)C2c1ccc(OCc2ccccc2)cc1Cl. The van der Waals surface area contributed by atoms with Gasteiger partial charge in [-0.1, -0.05) is 74.0 Å². The lowest BCUT2D eigenvalue weighted by Crippen LogP contribution is -2.32. The third-order valence-corrected chi connectivity index (χ3v) is 8.98. The van der Waals surface area contributed by atoms with E-state index in [-0.39, 0.29) is 23.4 Å². The number of sulfone groups is 1. The number of hydrogen-bond acceptors (Lipinski definition) is 6. The van der Waals surface area contributed by atoms with Gasteiger partial charge in [0.1, 0.15) is 18.1 Å². The number of phenols is 1. The van der Waals surface area contributed by atoms with E-state index in [2.05, 4.69) is 5.32 Å². The number of phenolic OH excluding ortho intramolecular Hbond substituents is 1. The molecular weight excluding hydrogens is 522 g/mol. The number of allylic oxidation sites excluding steroid dienone is 2. The number of rotatable bonds is 5. The third-order valence-electron chi connectivity index (χ3n) is 7.21. The second-order valence-corrected chi connectivity index (χ2v) is 13.5. The number of ether oxygens (including phenoxy) is 1. The fraction of sp³-hybridized carbons (Fsp3) is 0.300. The molecule has 1 aliphatic heterocycles. The van der Waals surface area contributed by atoms with Crippen LogP contribution in [0.1, 0.15) is 54.5 Å². The largest absolute Gasteiger partial charge is 0.506 e. The Morgan fingerprint density at radius 3 is 2.45 bits per heavy atom. The highest BCUT2D eigenvalue weighted by molar-refractivity contribution is 7.91. The second kappa shape index (κ2) is 9.79. The Bertz CT molecular complexity index is 1550. The van der Waals surface area contributed by atoms with Crippen LogP contribution in [0.2, 0.25) is 5.02 Å². The van der Waals surface area contributed by atoms with Crippen LogP contribution in [0.25, 0.3) is 0 Å². The molecule has 3 aromatic carbocycles. The number of para-hydroxylation sites is 1. The average molecular weight is 552 g/mol. The van der Waals surface area contributed by atoms with Crippen LogP contribution in [0, 0.1) is 5.41 Å². The number of nitrogens with one attached hydrogen (secondary N) is 1. The van der Waals surface area contributed by atoms with Crippen molar-refractivity contribution in [1.29, 1.82) is 0 Å². The Labute approximate surface area is 228 Å². The Balaban J connectivity index is 1.66. The smallest absolute Gasteiger partial charge is 0.161 e. The van der Waals surface area contributed by atoms with Gasteiger partial charge in [-0.2, -0.15) is 0 Å². The number of aromatic hydroxyl groups is 1. The lowest BCUT2D eigenvalue weighted by Gasteiger charge is -2.35. The Hall–Kier alpha value is -3.29. The monoisotopic (exact) mass is 551 g/mol. The maximum atomic E-state index is 13.7. The average Bonchev–Trinajstić information content (AvgIpc) is 2.98. The molecule has 38 heavy (non-hydrogen) atoms. The number of hydrogen-bond donors (Lipinski definition) is 2. The minimum absolute atomic E-state index is 0.0739. The minimum atomic E-state index is -3.78. The van der Waals surface area contributed by atoms with Gasteiger partial charge in [0.15, 0.2) is 15.6 Å². The number of halogens is 1. The molecule has 0 saturated heterocycles. The zero-order chi connectivity index (χ0) is 27.2. The van der Waals surface area contributed by atoms with Crippen LogP contribution < -0.4 is 10.1 Å². The maximum absolute atomic E-state index is 13.7. The van der Waals surface area contributed by atoms with Crippen molar-refractivity contribution in [3.63, 3.8) is 0 Å². The van der Waals surface area contributed by atoms with Gasteiger partial charge in [0.25, 0.3) is 0 Å². The molecule has 2 unspecified atom stereocenters. The first kappa shape index (κ1) is 26.3. The molecule has 1 aliphatic carbocycles. The van der Waals surface area contributed by atoms with E-state index in [1.54, 1.807) is 30.3 Å². The van der Waals surface area contributed by atoms with Crippen LogP contribution >= 0.6 is 11.6 Å². The van der Waals surface area contributed by atoms with E-state index in [9.17, 15) is 18.3 Å². The van der Waals surface area contributed by atoms with Crippen LogP contribution in [-0.2, 0) is 21.2 Å². The number of carbonyl (C=O) groups is 1. The van der Waals surface area contributed by atoms with E-state index in [1.165, 1.54) is 6.07 Å². The van der Waals surface area contributed by atoms with Crippen LogP contribution in [0.3, 0.4) is 0 Å². The Kier molecular flexibility index (Phi) is 6.78. The van der Waals surface area contributed by atoms with Crippen molar-refractivity contribution in [1.82, 2.24) is 0 Å². The van der Waals surface area contributed by atoms with Crippen LogP contribution in [0.4, 0.5) is 5.69 Å². The molecule has 0 bridgehead atoms. The minimum Gasteiger partial charge on any atom is -0.506 e. The molecule has 0 fully saturated rings. The van der Waals surface area contributed by atoms with E-state index in [0.717, 1.165) is 11.8 Å². The molecular formula is C30H30ClNO5S. The molecule has 198 valence electrons. The number of fused-ring (bicyclic) bond motifs is 1. The first-order valence-electron chi connectivity index (χ1n) is 12.4. The van der Waals surface area contributed by atoms with Gasteiger partial charge in [0, 0.05) is 34.9 Å². The highest BCUT2D eigenvalue weighted by Crippen LogP contribution is 2.54. The van der Waals surface area contributed by atoms with Crippen molar-refractivity contribution in [2.75, 3.05) is 11.6 Å². The summed E-state index contributed by atoms with van der Waals surface area (Å²) in [6, 6.07) is 19.7.